The molecule has 0 aromatic heterocycles. The fraction of sp³-hybridized carbons (Fsp3) is 0.381. The van der Waals surface area contributed by atoms with Gasteiger partial charge >= 0.3 is 0 Å². The third-order valence-electron chi connectivity index (χ3n) is 4.68. The highest BCUT2D eigenvalue weighted by Crippen LogP contribution is 2.32. The van der Waals surface area contributed by atoms with Gasteiger partial charge in [0.25, 0.3) is 0 Å². The molecule has 0 saturated carbocycles. The minimum atomic E-state index is -0.363. The Morgan fingerprint density at radius 2 is 1.65 bits per heavy atom. The van der Waals surface area contributed by atoms with Crippen molar-refractivity contribution in [3.05, 3.63) is 48.0 Å². The molecule has 3 rings (SSSR count). The first kappa shape index (κ1) is 18.1. The Hall–Kier alpha value is -2.69. The van der Waals surface area contributed by atoms with E-state index in [0.29, 0.717) is 36.3 Å². The molecule has 2 atom stereocenters. The zero-order valence-corrected chi connectivity index (χ0v) is 15.5. The van der Waals surface area contributed by atoms with Gasteiger partial charge in [-0.3, -0.25) is 4.79 Å². The second-order valence-corrected chi connectivity index (χ2v) is 6.65. The average molecular weight is 354 g/mol. The Labute approximate surface area is 154 Å². The molecule has 0 unspecified atom stereocenters. The fourth-order valence-electron chi connectivity index (χ4n) is 2.83. The third kappa shape index (κ3) is 4.28. The van der Waals surface area contributed by atoms with Crippen LogP contribution < -0.4 is 20.1 Å². The second kappa shape index (κ2) is 8.13. The summed E-state index contributed by atoms with van der Waals surface area (Å²) >= 11 is 0. The van der Waals surface area contributed by atoms with Crippen LogP contribution in [0.1, 0.15) is 38.7 Å². The van der Waals surface area contributed by atoms with Crippen LogP contribution in [-0.2, 0) is 4.79 Å². The van der Waals surface area contributed by atoms with Gasteiger partial charge in [-0.05, 0) is 49.1 Å². The summed E-state index contributed by atoms with van der Waals surface area (Å²) < 4.78 is 11.0. The highest BCUT2D eigenvalue weighted by Gasteiger charge is 2.16. The van der Waals surface area contributed by atoms with E-state index >= 15 is 0 Å². The third-order valence-corrected chi connectivity index (χ3v) is 4.68. The maximum Gasteiger partial charge on any atom is 0.246 e. The van der Waals surface area contributed by atoms with Crippen LogP contribution in [0.5, 0.6) is 11.5 Å². The summed E-state index contributed by atoms with van der Waals surface area (Å²) in [6, 6.07) is 13.3. The molecule has 2 aromatic carbocycles. The number of carbonyl (C=O) groups is 1. The van der Waals surface area contributed by atoms with Crippen LogP contribution >= 0.6 is 0 Å². The largest absolute Gasteiger partial charge is 0.486 e. The molecule has 2 N–H and O–H groups in total. The number of fused-ring (bicyclic) bond motifs is 1. The molecule has 26 heavy (non-hydrogen) atoms. The summed E-state index contributed by atoms with van der Waals surface area (Å²) in [5.41, 5.74) is 2.94. The predicted octanol–water partition coefficient (Wildman–Crippen LogP) is 4.41. The van der Waals surface area contributed by atoms with Gasteiger partial charge in [0, 0.05) is 17.4 Å². The number of benzene rings is 2. The lowest BCUT2D eigenvalue weighted by Crippen LogP contribution is -2.31. The lowest BCUT2D eigenvalue weighted by atomic mass is 9.98. The molecule has 0 spiro atoms. The van der Waals surface area contributed by atoms with Crippen molar-refractivity contribution in [3.63, 3.8) is 0 Å². The number of amides is 1. The van der Waals surface area contributed by atoms with Crippen LogP contribution in [0.4, 0.5) is 11.4 Å². The Morgan fingerprint density at radius 3 is 2.35 bits per heavy atom. The monoisotopic (exact) mass is 354 g/mol. The number of rotatable bonds is 6. The predicted molar refractivity (Wildman–Crippen MR) is 104 cm³/mol. The molecule has 0 radical (unpaired) electrons. The maximum atomic E-state index is 12.5. The summed E-state index contributed by atoms with van der Waals surface area (Å²) in [5, 5.41) is 6.15. The highest BCUT2D eigenvalue weighted by atomic mass is 16.6. The molecule has 5 heteroatoms. The van der Waals surface area contributed by atoms with Gasteiger partial charge in [0.1, 0.15) is 19.3 Å². The van der Waals surface area contributed by atoms with Gasteiger partial charge in [-0.2, -0.15) is 0 Å². The second-order valence-electron chi connectivity index (χ2n) is 6.65. The van der Waals surface area contributed by atoms with Gasteiger partial charge < -0.3 is 20.1 Å². The molecule has 138 valence electrons. The van der Waals surface area contributed by atoms with Crippen molar-refractivity contribution in [1.29, 1.82) is 0 Å². The Kier molecular flexibility index (Phi) is 5.66. The van der Waals surface area contributed by atoms with Crippen LogP contribution in [0.2, 0.25) is 0 Å². The molecule has 1 heterocycles. The minimum absolute atomic E-state index is 0.104. The number of ether oxygens (including phenoxy) is 2. The van der Waals surface area contributed by atoms with E-state index in [9.17, 15) is 4.79 Å². The van der Waals surface area contributed by atoms with Crippen molar-refractivity contribution >= 4 is 17.3 Å². The summed E-state index contributed by atoms with van der Waals surface area (Å²) in [6.45, 7) is 7.31. The van der Waals surface area contributed by atoms with Crippen LogP contribution in [-0.4, -0.2) is 25.2 Å². The summed E-state index contributed by atoms with van der Waals surface area (Å²) in [4.78, 5) is 12.5. The van der Waals surface area contributed by atoms with E-state index in [1.165, 1.54) is 5.56 Å². The topological polar surface area (TPSA) is 59.6 Å². The molecule has 1 aliphatic rings. The molecule has 5 nitrogen and oxygen atoms in total. The molecular weight excluding hydrogens is 328 g/mol. The van der Waals surface area contributed by atoms with E-state index in [4.69, 9.17) is 9.47 Å². The number of carbonyl (C=O) groups excluding carboxylic acids is 1. The molecule has 0 saturated heterocycles. The molecule has 0 bridgehead atoms. The van der Waals surface area contributed by atoms with Gasteiger partial charge in [-0.15, -0.1) is 0 Å². The van der Waals surface area contributed by atoms with Crippen molar-refractivity contribution in [2.45, 2.75) is 39.2 Å². The van der Waals surface area contributed by atoms with Gasteiger partial charge in [-0.1, -0.05) is 26.0 Å². The Balaban J connectivity index is 1.59. The van der Waals surface area contributed by atoms with E-state index in [-0.39, 0.29) is 11.9 Å². The number of hydrogen-bond acceptors (Lipinski definition) is 4. The van der Waals surface area contributed by atoms with Crippen molar-refractivity contribution < 1.29 is 14.3 Å². The molecule has 0 fully saturated rings. The lowest BCUT2D eigenvalue weighted by Gasteiger charge is -2.20. The average Bonchev–Trinajstić information content (AvgIpc) is 2.67. The van der Waals surface area contributed by atoms with Crippen LogP contribution in [0.3, 0.4) is 0 Å². The van der Waals surface area contributed by atoms with Crippen molar-refractivity contribution in [1.82, 2.24) is 0 Å². The zero-order valence-electron chi connectivity index (χ0n) is 15.5. The van der Waals surface area contributed by atoms with Crippen molar-refractivity contribution in [2.75, 3.05) is 23.8 Å². The first-order chi connectivity index (χ1) is 12.6. The Morgan fingerprint density at radius 1 is 1.00 bits per heavy atom. The highest BCUT2D eigenvalue weighted by molar-refractivity contribution is 5.96. The standard InChI is InChI=1S/C21H26N2O3/c1-4-14(2)16-5-7-17(8-6-16)22-15(3)21(24)23-18-9-10-19-20(13-18)26-12-11-25-19/h5-10,13-15,22H,4,11-12H2,1-3H3,(H,23,24)/t14-,15-/m0/s1. The Bertz CT molecular complexity index is 758. The van der Waals surface area contributed by atoms with E-state index in [1.54, 1.807) is 6.07 Å². The summed E-state index contributed by atoms with van der Waals surface area (Å²) in [7, 11) is 0. The summed E-state index contributed by atoms with van der Waals surface area (Å²) in [5.74, 6) is 1.81. The zero-order chi connectivity index (χ0) is 18.5. The van der Waals surface area contributed by atoms with Crippen LogP contribution in [0.25, 0.3) is 0 Å². The van der Waals surface area contributed by atoms with Crippen molar-refractivity contribution in [2.24, 2.45) is 0 Å². The van der Waals surface area contributed by atoms with E-state index < -0.39 is 0 Å². The lowest BCUT2D eigenvalue weighted by molar-refractivity contribution is -0.116. The van der Waals surface area contributed by atoms with Crippen LogP contribution in [0.15, 0.2) is 42.5 Å². The maximum absolute atomic E-state index is 12.5. The van der Waals surface area contributed by atoms with E-state index in [2.05, 4.69) is 36.6 Å². The molecule has 2 aromatic rings. The normalized spacial score (nSPS) is 15.0. The summed E-state index contributed by atoms with van der Waals surface area (Å²) in [6.07, 6.45) is 1.11. The van der Waals surface area contributed by atoms with Gasteiger partial charge in [0.05, 0.1) is 0 Å². The molecule has 0 aliphatic carbocycles. The van der Waals surface area contributed by atoms with E-state index in [1.807, 2.05) is 31.2 Å². The number of nitrogens with one attached hydrogen (secondary N) is 2. The number of anilines is 2. The molecule has 1 aliphatic heterocycles. The van der Waals surface area contributed by atoms with Crippen LogP contribution in [0, 0.1) is 0 Å². The quantitative estimate of drug-likeness (QED) is 0.807. The first-order valence-corrected chi connectivity index (χ1v) is 9.14. The molecule has 1 amide bonds. The SMILES string of the molecule is CC[C@H](C)c1ccc(N[C@@H](C)C(=O)Nc2ccc3c(c2)OCCO3)cc1. The molecular formula is C21H26N2O3. The fourth-order valence-corrected chi connectivity index (χ4v) is 2.83. The number of hydrogen-bond donors (Lipinski definition) is 2. The van der Waals surface area contributed by atoms with E-state index in [0.717, 1.165) is 12.1 Å². The van der Waals surface area contributed by atoms with Gasteiger partial charge in [0.15, 0.2) is 11.5 Å². The van der Waals surface area contributed by atoms with Gasteiger partial charge in [-0.25, -0.2) is 0 Å². The van der Waals surface area contributed by atoms with Gasteiger partial charge in [0.2, 0.25) is 5.91 Å². The first-order valence-electron chi connectivity index (χ1n) is 9.14. The minimum Gasteiger partial charge on any atom is -0.486 e. The van der Waals surface area contributed by atoms with Crippen molar-refractivity contribution in [3.8, 4) is 11.5 Å². The smallest absolute Gasteiger partial charge is 0.246 e.